The standard InChI is InChI=1S/C15H30F3N5O.HI/c1-6-19-13(21-10-12(24)22-14(2,3)4)20-8-7-9-23(5)11-15(16,17)18;/h6-11H2,1-5H3,(H,22,24)(H2,19,20,21);1H. The lowest BCUT2D eigenvalue weighted by molar-refractivity contribution is -0.143. The number of amides is 1. The number of nitrogens with zero attached hydrogens (tertiary/aromatic N) is 2. The first-order chi connectivity index (χ1) is 10.9. The van der Waals surface area contributed by atoms with E-state index >= 15 is 0 Å². The molecular weight excluding hydrogens is 450 g/mol. The Morgan fingerprint density at radius 3 is 2.24 bits per heavy atom. The van der Waals surface area contributed by atoms with E-state index in [2.05, 4.69) is 20.9 Å². The van der Waals surface area contributed by atoms with Crippen LogP contribution in [0.25, 0.3) is 0 Å². The number of aliphatic imine (C=N–C) groups is 1. The summed E-state index contributed by atoms with van der Waals surface area (Å²) in [5, 5.41) is 8.81. The molecule has 0 aliphatic heterocycles. The third-order valence-electron chi connectivity index (χ3n) is 2.70. The third kappa shape index (κ3) is 17.8. The van der Waals surface area contributed by atoms with Crippen LogP contribution in [0, 0.1) is 0 Å². The molecule has 0 bridgehead atoms. The Bertz CT molecular complexity index is 411. The SMILES string of the molecule is CCNC(=NCC(=O)NC(C)(C)C)NCCCN(C)CC(F)(F)F.I. The summed E-state index contributed by atoms with van der Waals surface area (Å²) in [6, 6.07) is 0. The van der Waals surface area contributed by atoms with Crippen molar-refractivity contribution in [2.24, 2.45) is 4.99 Å². The van der Waals surface area contributed by atoms with Crippen molar-refractivity contribution in [3.63, 3.8) is 0 Å². The zero-order valence-corrected chi connectivity index (χ0v) is 17.9. The van der Waals surface area contributed by atoms with Gasteiger partial charge in [0.25, 0.3) is 0 Å². The van der Waals surface area contributed by atoms with Gasteiger partial charge in [-0.1, -0.05) is 0 Å². The van der Waals surface area contributed by atoms with E-state index in [-0.39, 0.29) is 42.0 Å². The maximum Gasteiger partial charge on any atom is 0.401 e. The highest BCUT2D eigenvalue weighted by molar-refractivity contribution is 14.0. The zero-order chi connectivity index (χ0) is 18.8. The number of halogens is 4. The fourth-order valence-electron chi connectivity index (χ4n) is 1.89. The smallest absolute Gasteiger partial charge is 0.357 e. The molecule has 0 aromatic heterocycles. The molecule has 0 unspecified atom stereocenters. The number of carbonyl (C=O) groups excluding carboxylic acids is 1. The summed E-state index contributed by atoms with van der Waals surface area (Å²) in [6.07, 6.45) is -3.65. The second-order valence-corrected chi connectivity index (χ2v) is 6.63. The predicted octanol–water partition coefficient (Wildman–Crippen LogP) is 1.96. The van der Waals surface area contributed by atoms with Gasteiger partial charge in [-0.05, 0) is 47.7 Å². The molecule has 0 radical (unpaired) electrons. The highest BCUT2D eigenvalue weighted by Gasteiger charge is 2.28. The summed E-state index contributed by atoms with van der Waals surface area (Å²) >= 11 is 0. The molecule has 3 N–H and O–H groups in total. The lowest BCUT2D eigenvalue weighted by Gasteiger charge is -2.20. The van der Waals surface area contributed by atoms with E-state index in [4.69, 9.17) is 0 Å². The van der Waals surface area contributed by atoms with Crippen molar-refractivity contribution in [1.82, 2.24) is 20.9 Å². The fourth-order valence-corrected chi connectivity index (χ4v) is 1.89. The summed E-state index contributed by atoms with van der Waals surface area (Å²) < 4.78 is 36.6. The van der Waals surface area contributed by atoms with E-state index in [1.54, 1.807) is 0 Å². The molecule has 0 rings (SSSR count). The first kappa shape index (κ1) is 26.4. The predicted molar refractivity (Wildman–Crippen MR) is 105 cm³/mol. The van der Waals surface area contributed by atoms with Gasteiger partial charge < -0.3 is 16.0 Å². The van der Waals surface area contributed by atoms with E-state index < -0.39 is 12.7 Å². The molecule has 10 heteroatoms. The fraction of sp³-hybridized carbons (Fsp3) is 0.867. The van der Waals surface area contributed by atoms with Gasteiger partial charge in [-0.3, -0.25) is 9.69 Å². The Morgan fingerprint density at radius 2 is 1.76 bits per heavy atom. The van der Waals surface area contributed by atoms with Crippen LogP contribution in [0.2, 0.25) is 0 Å². The number of nitrogens with one attached hydrogen (secondary N) is 3. The average molecular weight is 481 g/mol. The maximum absolute atomic E-state index is 12.2. The monoisotopic (exact) mass is 481 g/mol. The Morgan fingerprint density at radius 1 is 1.16 bits per heavy atom. The van der Waals surface area contributed by atoms with E-state index in [9.17, 15) is 18.0 Å². The van der Waals surface area contributed by atoms with Crippen LogP contribution in [0.4, 0.5) is 13.2 Å². The molecule has 0 aromatic carbocycles. The molecule has 0 spiro atoms. The lowest BCUT2D eigenvalue weighted by atomic mass is 10.1. The van der Waals surface area contributed by atoms with E-state index in [1.165, 1.54) is 11.9 Å². The van der Waals surface area contributed by atoms with Crippen LogP contribution < -0.4 is 16.0 Å². The van der Waals surface area contributed by atoms with Crippen molar-refractivity contribution in [3.8, 4) is 0 Å². The summed E-state index contributed by atoms with van der Waals surface area (Å²) in [4.78, 5) is 17.1. The second kappa shape index (κ2) is 12.6. The molecule has 1 amide bonds. The summed E-state index contributed by atoms with van der Waals surface area (Å²) in [5.74, 6) is 0.282. The van der Waals surface area contributed by atoms with Gasteiger partial charge in [0, 0.05) is 18.6 Å². The van der Waals surface area contributed by atoms with Gasteiger partial charge in [0.15, 0.2) is 5.96 Å². The Labute approximate surface area is 165 Å². The molecule has 0 saturated carbocycles. The Balaban J connectivity index is 0. The minimum atomic E-state index is -4.18. The number of carbonyl (C=O) groups is 1. The van der Waals surface area contributed by atoms with Crippen molar-refractivity contribution in [3.05, 3.63) is 0 Å². The molecule has 150 valence electrons. The normalized spacial score (nSPS) is 12.6. The van der Waals surface area contributed by atoms with Crippen molar-refractivity contribution in [1.29, 1.82) is 0 Å². The van der Waals surface area contributed by atoms with Gasteiger partial charge in [0.05, 0.1) is 6.54 Å². The summed E-state index contributed by atoms with van der Waals surface area (Å²) in [5.41, 5.74) is -0.318. The van der Waals surface area contributed by atoms with Crippen LogP contribution in [0.15, 0.2) is 4.99 Å². The van der Waals surface area contributed by atoms with E-state index in [0.717, 1.165) is 0 Å². The largest absolute Gasteiger partial charge is 0.401 e. The maximum atomic E-state index is 12.2. The molecule has 0 atom stereocenters. The molecule has 0 saturated heterocycles. The van der Waals surface area contributed by atoms with Crippen molar-refractivity contribution in [2.45, 2.75) is 45.8 Å². The topological polar surface area (TPSA) is 68.8 Å². The number of guanidine groups is 1. The van der Waals surface area contributed by atoms with Gasteiger partial charge in [0.1, 0.15) is 6.54 Å². The van der Waals surface area contributed by atoms with Crippen LogP contribution >= 0.6 is 24.0 Å². The Hall–Kier alpha value is -0.780. The summed E-state index contributed by atoms with van der Waals surface area (Å²) in [7, 11) is 1.43. The van der Waals surface area contributed by atoms with Crippen LogP contribution in [0.1, 0.15) is 34.1 Å². The van der Waals surface area contributed by atoms with Crippen LogP contribution in [-0.2, 0) is 4.79 Å². The minimum absolute atomic E-state index is 0. The molecular formula is C15H31F3IN5O. The number of hydrogen-bond donors (Lipinski definition) is 3. The Kier molecular flexibility index (Phi) is 13.3. The molecule has 0 heterocycles. The molecule has 0 aliphatic rings. The van der Waals surface area contributed by atoms with Crippen molar-refractivity contribution < 1.29 is 18.0 Å². The molecule has 25 heavy (non-hydrogen) atoms. The molecule has 6 nitrogen and oxygen atoms in total. The second-order valence-electron chi connectivity index (χ2n) is 6.63. The highest BCUT2D eigenvalue weighted by atomic mass is 127. The average Bonchev–Trinajstić information content (AvgIpc) is 2.36. The zero-order valence-electron chi connectivity index (χ0n) is 15.6. The van der Waals surface area contributed by atoms with E-state index in [1.807, 2.05) is 27.7 Å². The highest BCUT2D eigenvalue weighted by Crippen LogP contribution is 2.15. The number of rotatable bonds is 8. The van der Waals surface area contributed by atoms with Gasteiger partial charge in [0.2, 0.25) is 5.91 Å². The molecule has 0 aliphatic carbocycles. The van der Waals surface area contributed by atoms with Crippen molar-refractivity contribution >= 4 is 35.8 Å². The number of hydrogen-bond acceptors (Lipinski definition) is 3. The van der Waals surface area contributed by atoms with Crippen LogP contribution in [0.3, 0.4) is 0 Å². The quantitative estimate of drug-likeness (QED) is 0.215. The number of alkyl halides is 3. The van der Waals surface area contributed by atoms with Crippen LogP contribution in [-0.4, -0.2) is 68.3 Å². The van der Waals surface area contributed by atoms with Gasteiger partial charge in [-0.2, -0.15) is 13.2 Å². The first-order valence-corrected chi connectivity index (χ1v) is 8.01. The van der Waals surface area contributed by atoms with Gasteiger partial charge in [-0.25, -0.2) is 4.99 Å². The first-order valence-electron chi connectivity index (χ1n) is 8.01. The molecule has 0 aromatic rings. The van der Waals surface area contributed by atoms with E-state index in [0.29, 0.717) is 32.0 Å². The summed E-state index contributed by atoms with van der Waals surface area (Å²) in [6.45, 7) is 8.02. The third-order valence-corrected chi connectivity index (χ3v) is 2.70. The lowest BCUT2D eigenvalue weighted by Crippen LogP contribution is -2.43. The van der Waals surface area contributed by atoms with Gasteiger partial charge >= 0.3 is 6.18 Å². The van der Waals surface area contributed by atoms with Crippen molar-refractivity contribution in [2.75, 3.05) is 39.8 Å². The molecule has 0 fully saturated rings. The van der Waals surface area contributed by atoms with Gasteiger partial charge in [-0.15, -0.1) is 24.0 Å². The van der Waals surface area contributed by atoms with Crippen LogP contribution in [0.5, 0.6) is 0 Å². The minimum Gasteiger partial charge on any atom is -0.357 e.